The van der Waals surface area contributed by atoms with Crippen molar-refractivity contribution in [2.45, 2.75) is 65.0 Å². The van der Waals surface area contributed by atoms with Crippen molar-refractivity contribution in [3.8, 4) is 0 Å². The van der Waals surface area contributed by atoms with E-state index in [4.69, 9.17) is 0 Å². The van der Waals surface area contributed by atoms with E-state index >= 15 is 0 Å². The Morgan fingerprint density at radius 2 is 1.75 bits per heavy atom. The van der Waals surface area contributed by atoms with E-state index in [-0.39, 0.29) is 0 Å². The van der Waals surface area contributed by atoms with Gasteiger partial charge in [0.05, 0.1) is 0 Å². The van der Waals surface area contributed by atoms with Crippen LogP contribution in [0.1, 0.15) is 59.8 Å². The minimum absolute atomic E-state index is 0.886. The first-order chi connectivity index (χ1) is 7.63. The van der Waals surface area contributed by atoms with Crippen molar-refractivity contribution in [3.63, 3.8) is 0 Å². The Morgan fingerprint density at radius 1 is 1.12 bits per heavy atom. The average molecular weight is 242 g/mol. The van der Waals surface area contributed by atoms with Crippen LogP contribution in [0.25, 0.3) is 0 Å². The molecule has 0 saturated heterocycles. The predicted molar refractivity (Wildman–Crippen MR) is 77.0 cm³/mol. The van der Waals surface area contributed by atoms with Crippen LogP contribution in [0.15, 0.2) is 0 Å². The zero-order chi connectivity index (χ0) is 12.1. The summed E-state index contributed by atoms with van der Waals surface area (Å²) in [7, 11) is 0. The lowest BCUT2D eigenvalue weighted by Crippen LogP contribution is -2.33. The van der Waals surface area contributed by atoms with E-state index in [2.05, 4.69) is 45.7 Å². The molecule has 96 valence electrons. The van der Waals surface area contributed by atoms with Crippen molar-refractivity contribution in [3.05, 3.63) is 0 Å². The number of hydrogen-bond donors (Lipinski definition) is 0. The molecule has 3 atom stereocenters. The van der Waals surface area contributed by atoms with Gasteiger partial charge in [-0.2, -0.15) is 11.8 Å². The van der Waals surface area contributed by atoms with Gasteiger partial charge < -0.3 is 0 Å². The lowest BCUT2D eigenvalue weighted by molar-refractivity contribution is 0.176. The number of hydrogen-bond acceptors (Lipinski definition) is 1. The quantitative estimate of drug-likeness (QED) is 0.636. The molecule has 0 aliphatic heterocycles. The molecule has 1 aliphatic carbocycles. The summed E-state index contributed by atoms with van der Waals surface area (Å²) in [5.41, 5.74) is 0. The van der Waals surface area contributed by atoms with Crippen LogP contribution in [0.4, 0.5) is 0 Å². The van der Waals surface area contributed by atoms with E-state index in [0.717, 1.165) is 28.9 Å². The monoisotopic (exact) mass is 242 g/mol. The highest BCUT2D eigenvalue weighted by Gasteiger charge is 2.34. The molecule has 0 amide bonds. The maximum absolute atomic E-state index is 2.40. The van der Waals surface area contributed by atoms with Crippen molar-refractivity contribution < 1.29 is 0 Å². The van der Waals surface area contributed by atoms with Gasteiger partial charge >= 0.3 is 0 Å². The van der Waals surface area contributed by atoms with E-state index in [9.17, 15) is 0 Å². The van der Waals surface area contributed by atoms with Crippen LogP contribution in [-0.2, 0) is 0 Å². The summed E-state index contributed by atoms with van der Waals surface area (Å²) in [6.45, 7) is 9.55. The van der Waals surface area contributed by atoms with Crippen molar-refractivity contribution in [1.29, 1.82) is 0 Å². The van der Waals surface area contributed by atoms with Gasteiger partial charge in [0.25, 0.3) is 0 Å². The normalized spacial score (nSPS) is 31.3. The summed E-state index contributed by atoms with van der Waals surface area (Å²) < 4.78 is 0. The molecule has 1 heteroatoms. The molecule has 0 bridgehead atoms. The minimum atomic E-state index is 0.886. The number of rotatable bonds is 5. The van der Waals surface area contributed by atoms with Crippen LogP contribution in [0.5, 0.6) is 0 Å². The zero-order valence-corrected chi connectivity index (χ0v) is 12.6. The topological polar surface area (TPSA) is 0 Å². The van der Waals surface area contributed by atoms with Crippen LogP contribution in [0.3, 0.4) is 0 Å². The van der Waals surface area contributed by atoms with E-state index in [1.54, 1.807) is 0 Å². The smallest absolute Gasteiger partial charge is 0.00779 e. The molecule has 0 heterocycles. The fraction of sp³-hybridized carbons (Fsp3) is 1.00. The molecule has 0 nitrogen and oxygen atoms in total. The summed E-state index contributed by atoms with van der Waals surface area (Å²) in [6, 6.07) is 0. The van der Waals surface area contributed by atoms with E-state index in [1.165, 1.54) is 32.1 Å². The average Bonchev–Trinajstić information content (AvgIpc) is 2.30. The molecule has 0 N–H and O–H groups in total. The second-order valence-electron chi connectivity index (χ2n) is 5.83. The predicted octanol–water partition coefficient (Wildman–Crippen LogP) is 5.23. The van der Waals surface area contributed by atoms with E-state index < -0.39 is 0 Å². The Kier molecular flexibility index (Phi) is 6.25. The first-order valence-electron chi connectivity index (χ1n) is 7.16. The third-order valence-corrected chi connectivity index (χ3v) is 5.93. The third kappa shape index (κ3) is 3.42. The molecule has 16 heavy (non-hydrogen) atoms. The molecule has 0 aromatic carbocycles. The zero-order valence-electron chi connectivity index (χ0n) is 11.8. The van der Waals surface area contributed by atoms with E-state index in [0.29, 0.717) is 0 Å². The molecule has 1 rings (SSSR count). The van der Waals surface area contributed by atoms with Gasteiger partial charge in [0, 0.05) is 5.25 Å². The van der Waals surface area contributed by atoms with Crippen LogP contribution >= 0.6 is 11.8 Å². The van der Waals surface area contributed by atoms with Crippen LogP contribution in [0, 0.1) is 23.7 Å². The Bertz CT molecular complexity index is 184. The Morgan fingerprint density at radius 3 is 2.19 bits per heavy atom. The molecule has 0 spiro atoms. The highest BCUT2D eigenvalue weighted by atomic mass is 32.2. The van der Waals surface area contributed by atoms with Crippen LogP contribution in [-0.4, -0.2) is 11.5 Å². The second-order valence-corrected chi connectivity index (χ2v) is 6.91. The molecule has 0 aromatic heterocycles. The molecule has 1 fully saturated rings. The molecule has 0 radical (unpaired) electrons. The fourth-order valence-corrected chi connectivity index (χ4v) is 4.64. The summed E-state index contributed by atoms with van der Waals surface area (Å²) in [5, 5.41) is 0.936. The molecule has 0 aromatic rings. The first kappa shape index (κ1) is 14.4. The maximum atomic E-state index is 2.40. The first-order valence-corrected chi connectivity index (χ1v) is 8.45. The van der Waals surface area contributed by atoms with Crippen LogP contribution < -0.4 is 0 Å². The van der Waals surface area contributed by atoms with Gasteiger partial charge in [-0.25, -0.2) is 0 Å². The van der Waals surface area contributed by atoms with Crippen molar-refractivity contribution in [2.24, 2.45) is 23.7 Å². The van der Waals surface area contributed by atoms with Gasteiger partial charge in [-0.1, -0.05) is 40.5 Å². The van der Waals surface area contributed by atoms with Crippen LogP contribution in [0.2, 0.25) is 0 Å². The van der Waals surface area contributed by atoms with Gasteiger partial charge in [-0.15, -0.1) is 0 Å². The molecule has 3 unspecified atom stereocenters. The Labute approximate surface area is 107 Å². The Balaban J connectivity index is 2.60. The minimum Gasteiger partial charge on any atom is -0.162 e. The van der Waals surface area contributed by atoms with Gasteiger partial charge in [0.2, 0.25) is 0 Å². The summed E-state index contributed by atoms with van der Waals surface area (Å²) >= 11 is 2.13. The van der Waals surface area contributed by atoms with Gasteiger partial charge in [0.1, 0.15) is 0 Å². The van der Waals surface area contributed by atoms with Crippen molar-refractivity contribution >= 4 is 11.8 Å². The Hall–Kier alpha value is 0.350. The number of thioether (sulfide) groups is 1. The largest absolute Gasteiger partial charge is 0.162 e. The summed E-state index contributed by atoms with van der Waals surface area (Å²) in [5.74, 6) is 3.85. The lowest BCUT2D eigenvalue weighted by atomic mass is 9.71. The molecular weight excluding hydrogens is 212 g/mol. The highest BCUT2D eigenvalue weighted by Crippen LogP contribution is 2.43. The molecule has 1 aliphatic rings. The van der Waals surface area contributed by atoms with Crippen molar-refractivity contribution in [2.75, 3.05) is 6.26 Å². The maximum Gasteiger partial charge on any atom is 0.00779 e. The van der Waals surface area contributed by atoms with Gasteiger partial charge in [-0.05, 0) is 49.2 Å². The standard InChI is InChI=1S/C15H30S/c1-6-12(7-2)14-9-8-13(11(3)4)10-15(14)16-5/h11-15H,6-10H2,1-5H3. The highest BCUT2D eigenvalue weighted by molar-refractivity contribution is 7.99. The second kappa shape index (κ2) is 6.93. The van der Waals surface area contributed by atoms with E-state index in [1.807, 2.05) is 0 Å². The molecular formula is C15H30S. The van der Waals surface area contributed by atoms with Gasteiger partial charge in [-0.3, -0.25) is 0 Å². The van der Waals surface area contributed by atoms with Gasteiger partial charge in [0.15, 0.2) is 0 Å². The summed E-state index contributed by atoms with van der Waals surface area (Å²) in [6.07, 6.45) is 9.52. The third-order valence-electron chi connectivity index (χ3n) is 4.78. The fourth-order valence-electron chi connectivity index (χ4n) is 3.49. The summed E-state index contributed by atoms with van der Waals surface area (Å²) in [4.78, 5) is 0. The SMILES string of the molecule is CCC(CC)C1CCC(C(C)C)CC1SC. The molecule has 1 saturated carbocycles. The lowest BCUT2D eigenvalue weighted by Gasteiger charge is -2.40. The van der Waals surface area contributed by atoms with Crippen molar-refractivity contribution in [1.82, 2.24) is 0 Å².